The predicted molar refractivity (Wildman–Crippen MR) is 120 cm³/mol. The summed E-state index contributed by atoms with van der Waals surface area (Å²) in [7, 11) is 1.85. The van der Waals surface area contributed by atoms with Crippen LogP contribution in [0, 0.1) is 12.7 Å². The number of hydrogen-bond acceptors (Lipinski definition) is 3. The Morgan fingerprint density at radius 2 is 1.78 bits per heavy atom. The standard InChI is InChI=1S/C26H21FN4O/c1-16-18(7-5-13-28-16)17-9-10-20-23(14-17)31-24(25(32)30(2)26(20)11-12-26)15-22(29-31)19-6-3-4-8-21(19)27/h3-10,13-15H,11-12H2,1-2H3. The van der Waals surface area contributed by atoms with Crippen LogP contribution in [0.1, 0.15) is 34.6 Å². The van der Waals surface area contributed by atoms with E-state index >= 15 is 0 Å². The van der Waals surface area contributed by atoms with E-state index in [2.05, 4.69) is 23.2 Å². The highest BCUT2D eigenvalue weighted by atomic mass is 19.1. The minimum atomic E-state index is -0.361. The maximum atomic E-state index is 14.5. The molecular weight excluding hydrogens is 403 g/mol. The maximum Gasteiger partial charge on any atom is 0.273 e. The van der Waals surface area contributed by atoms with E-state index in [0.29, 0.717) is 17.0 Å². The lowest BCUT2D eigenvalue weighted by Gasteiger charge is -2.27. The Bertz CT molecular complexity index is 1400. The number of halogens is 1. The molecule has 0 radical (unpaired) electrons. The van der Waals surface area contributed by atoms with Crippen molar-refractivity contribution in [3.8, 4) is 28.1 Å². The third kappa shape index (κ3) is 2.59. The largest absolute Gasteiger partial charge is 0.331 e. The quantitative estimate of drug-likeness (QED) is 0.449. The van der Waals surface area contributed by atoms with Crippen LogP contribution in [0.25, 0.3) is 28.1 Å². The van der Waals surface area contributed by atoms with Gasteiger partial charge in [0, 0.05) is 35.6 Å². The highest BCUT2D eigenvalue weighted by molar-refractivity contribution is 5.96. The van der Waals surface area contributed by atoms with Crippen molar-refractivity contribution >= 4 is 5.91 Å². The number of aromatic nitrogens is 3. The number of pyridine rings is 1. The van der Waals surface area contributed by atoms with Gasteiger partial charge in [0.25, 0.3) is 5.91 Å². The van der Waals surface area contributed by atoms with Gasteiger partial charge >= 0.3 is 0 Å². The first kappa shape index (κ1) is 18.9. The molecule has 0 unspecified atom stereocenters. The Labute approximate surface area is 185 Å². The number of benzene rings is 2. The Hall–Kier alpha value is -3.80. The fourth-order valence-electron chi connectivity index (χ4n) is 4.84. The fourth-order valence-corrected chi connectivity index (χ4v) is 4.84. The van der Waals surface area contributed by atoms with E-state index in [4.69, 9.17) is 5.10 Å². The normalized spacial score (nSPS) is 16.0. The molecule has 4 aromatic rings. The van der Waals surface area contributed by atoms with Gasteiger partial charge in [-0.05, 0) is 55.7 Å². The molecule has 6 rings (SSSR count). The molecule has 2 aromatic carbocycles. The highest BCUT2D eigenvalue weighted by Crippen LogP contribution is 2.54. The number of nitrogens with zero attached hydrogens (tertiary/aromatic N) is 4. The van der Waals surface area contributed by atoms with Gasteiger partial charge in [0.15, 0.2) is 0 Å². The van der Waals surface area contributed by atoms with Gasteiger partial charge in [0.2, 0.25) is 0 Å². The molecule has 0 saturated heterocycles. The van der Waals surface area contributed by atoms with Crippen LogP contribution in [-0.4, -0.2) is 32.6 Å². The molecule has 1 aliphatic carbocycles. The van der Waals surface area contributed by atoms with Crippen molar-refractivity contribution in [3.05, 3.63) is 89.6 Å². The zero-order valence-electron chi connectivity index (χ0n) is 17.8. The number of rotatable bonds is 2. The fraction of sp³-hybridized carbons (Fsp3) is 0.192. The zero-order chi connectivity index (χ0) is 22.0. The SMILES string of the molecule is Cc1ncccc1-c1ccc2c(c1)-n1nc(-c3ccccc3F)cc1C(=O)N(C)C21CC1. The molecule has 158 valence electrons. The number of amides is 1. The van der Waals surface area contributed by atoms with E-state index in [9.17, 15) is 9.18 Å². The van der Waals surface area contributed by atoms with E-state index in [-0.39, 0.29) is 17.3 Å². The van der Waals surface area contributed by atoms with Crippen LogP contribution < -0.4 is 0 Å². The van der Waals surface area contributed by atoms with Crippen molar-refractivity contribution in [2.45, 2.75) is 25.3 Å². The average molecular weight is 424 g/mol. The average Bonchev–Trinajstić information content (AvgIpc) is 3.51. The molecule has 1 saturated carbocycles. The highest BCUT2D eigenvalue weighted by Gasteiger charge is 2.53. The summed E-state index contributed by atoms with van der Waals surface area (Å²) in [6.07, 6.45) is 3.61. The van der Waals surface area contributed by atoms with Crippen LogP contribution in [-0.2, 0) is 5.54 Å². The molecule has 1 spiro atoms. The van der Waals surface area contributed by atoms with Gasteiger partial charge in [0.1, 0.15) is 11.5 Å². The molecular formula is C26H21FN4O. The van der Waals surface area contributed by atoms with Crippen molar-refractivity contribution in [3.63, 3.8) is 0 Å². The summed E-state index contributed by atoms with van der Waals surface area (Å²) < 4.78 is 16.2. The third-order valence-corrected chi connectivity index (χ3v) is 6.79. The second-order valence-electron chi connectivity index (χ2n) is 8.57. The summed E-state index contributed by atoms with van der Waals surface area (Å²) in [5.41, 5.74) is 5.86. The molecule has 6 heteroatoms. The molecule has 1 fully saturated rings. The van der Waals surface area contributed by atoms with Crippen LogP contribution in [0.15, 0.2) is 66.9 Å². The van der Waals surface area contributed by atoms with Crippen LogP contribution in [0.5, 0.6) is 0 Å². The summed E-state index contributed by atoms with van der Waals surface area (Å²) in [5.74, 6) is -0.465. The molecule has 32 heavy (non-hydrogen) atoms. The monoisotopic (exact) mass is 424 g/mol. The minimum absolute atomic E-state index is 0.104. The lowest BCUT2D eigenvalue weighted by Crippen LogP contribution is -2.36. The van der Waals surface area contributed by atoms with E-state index in [0.717, 1.165) is 40.9 Å². The minimum Gasteiger partial charge on any atom is -0.331 e. The number of hydrogen-bond donors (Lipinski definition) is 0. The maximum absolute atomic E-state index is 14.5. The van der Waals surface area contributed by atoms with E-state index < -0.39 is 0 Å². The van der Waals surface area contributed by atoms with Crippen molar-refractivity contribution in [1.29, 1.82) is 0 Å². The molecule has 2 aromatic heterocycles. The second-order valence-corrected chi connectivity index (χ2v) is 8.57. The molecule has 2 aliphatic rings. The lowest BCUT2D eigenvalue weighted by atomic mass is 9.96. The van der Waals surface area contributed by atoms with E-state index in [1.807, 2.05) is 31.0 Å². The van der Waals surface area contributed by atoms with Gasteiger partial charge in [-0.1, -0.05) is 30.3 Å². The number of carbonyl (C=O) groups is 1. The molecule has 1 amide bonds. The van der Waals surface area contributed by atoms with Crippen molar-refractivity contribution in [2.75, 3.05) is 7.05 Å². The summed E-state index contributed by atoms with van der Waals surface area (Å²) in [5, 5.41) is 4.73. The molecule has 0 bridgehead atoms. The van der Waals surface area contributed by atoms with Crippen molar-refractivity contribution < 1.29 is 9.18 Å². The van der Waals surface area contributed by atoms with Gasteiger partial charge < -0.3 is 4.90 Å². The van der Waals surface area contributed by atoms with Crippen LogP contribution >= 0.6 is 0 Å². The predicted octanol–water partition coefficient (Wildman–Crippen LogP) is 5.12. The van der Waals surface area contributed by atoms with E-state index in [1.54, 1.807) is 35.1 Å². The van der Waals surface area contributed by atoms with Gasteiger partial charge in [-0.25, -0.2) is 9.07 Å². The summed E-state index contributed by atoms with van der Waals surface area (Å²) >= 11 is 0. The number of fused-ring (bicyclic) bond motifs is 4. The number of carbonyl (C=O) groups excluding carboxylic acids is 1. The first-order valence-electron chi connectivity index (χ1n) is 10.7. The van der Waals surface area contributed by atoms with Crippen LogP contribution in [0.2, 0.25) is 0 Å². The first-order valence-corrected chi connectivity index (χ1v) is 10.7. The van der Waals surface area contributed by atoms with Gasteiger partial charge in [-0.15, -0.1) is 0 Å². The summed E-state index contributed by atoms with van der Waals surface area (Å²) in [6, 6.07) is 18.4. The number of aryl methyl sites for hydroxylation is 1. The Morgan fingerprint density at radius 3 is 2.53 bits per heavy atom. The zero-order valence-corrected chi connectivity index (χ0v) is 17.8. The Morgan fingerprint density at radius 1 is 1.00 bits per heavy atom. The van der Waals surface area contributed by atoms with Gasteiger partial charge in [-0.3, -0.25) is 9.78 Å². The first-order chi connectivity index (χ1) is 15.5. The molecule has 5 nitrogen and oxygen atoms in total. The molecule has 3 heterocycles. The van der Waals surface area contributed by atoms with Gasteiger partial charge in [0.05, 0.1) is 16.9 Å². The van der Waals surface area contributed by atoms with Crippen LogP contribution in [0.4, 0.5) is 4.39 Å². The molecule has 0 atom stereocenters. The summed E-state index contributed by atoms with van der Waals surface area (Å²) in [6.45, 7) is 1.98. The second kappa shape index (κ2) is 6.60. The lowest BCUT2D eigenvalue weighted by molar-refractivity contribution is 0.0704. The van der Waals surface area contributed by atoms with Crippen LogP contribution in [0.3, 0.4) is 0 Å². The van der Waals surface area contributed by atoms with Gasteiger partial charge in [-0.2, -0.15) is 5.10 Å². The Kier molecular flexibility index (Phi) is 3.90. The Balaban J connectivity index is 1.61. The molecule has 0 N–H and O–H groups in total. The third-order valence-electron chi connectivity index (χ3n) is 6.79. The molecule has 1 aliphatic heterocycles. The van der Waals surface area contributed by atoms with E-state index in [1.165, 1.54) is 6.07 Å². The summed E-state index contributed by atoms with van der Waals surface area (Å²) in [4.78, 5) is 19.7. The van der Waals surface area contributed by atoms with Crippen molar-refractivity contribution in [2.24, 2.45) is 0 Å². The van der Waals surface area contributed by atoms with Crippen molar-refractivity contribution in [1.82, 2.24) is 19.7 Å². The smallest absolute Gasteiger partial charge is 0.273 e. The topological polar surface area (TPSA) is 51.0 Å².